The Hall–Kier alpha value is -4.22. The quantitative estimate of drug-likeness (QED) is 0.510. The summed E-state index contributed by atoms with van der Waals surface area (Å²) in [7, 11) is 3.77. The fourth-order valence-corrected chi connectivity index (χ4v) is 2.93. The number of rotatable bonds is 6. The van der Waals surface area contributed by atoms with Crippen LogP contribution in [0.15, 0.2) is 24.3 Å². The predicted octanol–water partition coefficient (Wildman–Crippen LogP) is 1.47. The van der Waals surface area contributed by atoms with Crippen LogP contribution in [0.4, 0.5) is 5.69 Å². The number of nitrogens with one attached hydrogen (secondary N) is 2. The van der Waals surface area contributed by atoms with Crippen molar-refractivity contribution in [2.24, 2.45) is 0 Å². The number of nitrogens with zero attached hydrogens (tertiary/aromatic N) is 1. The minimum atomic E-state index is -0.961. The maximum Gasteiger partial charge on any atom is 0.327 e. The normalized spacial score (nSPS) is 11.8. The van der Waals surface area contributed by atoms with Gasteiger partial charge in [0.15, 0.2) is 17.2 Å². The number of benzene rings is 2. The molecule has 0 bridgehead atoms. The first-order chi connectivity index (χ1) is 14.9. The molecule has 12 nitrogen and oxygen atoms in total. The van der Waals surface area contributed by atoms with Crippen molar-refractivity contribution in [2.75, 3.05) is 34.5 Å². The van der Waals surface area contributed by atoms with Gasteiger partial charge in [-0.25, -0.2) is 0 Å². The number of nitro benzene ring substituents is 1. The fourth-order valence-electron chi connectivity index (χ4n) is 2.93. The van der Waals surface area contributed by atoms with E-state index in [0.717, 1.165) is 6.07 Å². The highest BCUT2D eigenvalue weighted by molar-refractivity contribution is 6.03. The molecule has 0 fully saturated rings. The van der Waals surface area contributed by atoms with Crippen molar-refractivity contribution in [1.29, 1.82) is 0 Å². The van der Waals surface area contributed by atoms with Gasteiger partial charge in [0.1, 0.15) is 18.8 Å². The number of amides is 2. The first-order valence-electron chi connectivity index (χ1n) is 8.89. The number of carbonyl (C=O) groups is 2. The lowest BCUT2D eigenvalue weighted by Crippen LogP contribution is -2.41. The number of hydrogen-bond acceptors (Lipinski definition) is 9. The van der Waals surface area contributed by atoms with Gasteiger partial charge in [0.25, 0.3) is 11.8 Å². The number of fused-ring (bicyclic) bond motifs is 1. The Bertz CT molecular complexity index is 1040. The van der Waals surface area contributed by atoms with Gasteiger partial charge in [-0.3, -0.25) is 30.6 Å². The smallest absolute Gasteiger partial charge is 0.327 e. The van der Waals surface area contributed by atoms with Gasteiger partial charge in [0.05, 0.1) is 26.3 Å². The van der Waals surface area contributed by atoms with Crippen LogP contribution in [-0.2, 0) is 0 Å². The van der Waals surface area contributed by atoms with Crippen molar-refractivity contribution < 1.29 is 38.2 Å². The summed E-state index contributed by atoms with van der Waals surface area (Å²) in [4.78, 5) is 35.9. The van der Waals surface area contributed by atoms with Gasteiger partial charge < -0.3 is 23.7 Å². The first-order valence-corrected chi connectivity index (χ1v) is 8.89. The Morgan fingerprint density at radius 1 is 0.935 bits per heavy atom. The van der Waals surface area contributed by atoms with Gasteiger partial charge in [-0.05, 0) is 18.2 Å². The molecule has 0 radical (unpaired) electrons. The molecule has 1 heterocycles. The van der Waals surface area contributed by atoms with Crippen LogP contribution >= 0.6 is 0 Å². The number of nitro groups is 1. The highest BCUT2D eigenvalue weighted by atomic mass is 16.6. The Kier molecular flexibility index (Phi) is 6.29. The van der Waals surface area contributed by atoms with Crippen LogP contribution in [0.1, 0.15) is 20.7 Å². The van der Waals surface area contributed by atoms with Crippen molar-refractivity contribution in [3.05, 3.63) is 45.5 Å². The second-order valence-electron chi connectivity index (χ2n) is 6.07. The zero-order valence-corrected chi connectivity index (χ0v) is 16.8. The van der Waals surface area contributed by atoms with E-state index in [9.17, 15) is 19.7 Å². The van der Waals surface area contributed by atoms with E-state index in [4.69, 9.17) is 23.7 Å². The van der Waals surface area contributed by atoms with E-state index in [-0.39, 0.29) is 22.8 Å². The van der Waals surface area contributed by atoms with Crippen molar-refractivity contribution >= 4 is 17.5 Å². The summed E-state index contributed by atoms with van der Waals surface area (Å²) in [6.07, 6.45) is 0. The van der Waals surface area contributed by atoms with E-state index in [2.05, 4.69) is 10.9 Å². The average Bonchev–Trinajstić information content (AvgIpc) is 2.80. The second-order valence-corrected chi connectivity index (χ2v) is 6.07. The lowest BCUT2D eigenvalue weighted by Gasteiger charge is -2.18. The minimum absolute atomic E-state index is 0.0354. The van der Waals surface area contributed by atoms with E-state index < -0.39 is 28.0 Å². The lowest BCUT2D eigenvalue weighted by atomic mass is 10.1. The molecular formula is C19H19N3O9. The predicted molar refractivity (Wildman–Crippen MR) is 105 cm³/mol. The van der Waals surface area contributed by atoms with Gasteiger partial charge in [-0.2, -0.15) is 0 Å². The van der Waals surface area contributed by atoms with Crippen LogP contribution in [0.5, 0.6) is 28.7 Å². The van der Waals surface area contributed by atoms with Crippen molar-refractivity contribution in [3.8, 4) is 28.7 Å². The van der Waals surface area contributed by atoms with E-state index >= 15 is 0 Å². The molecule has 2 aromatic rings. The van der Waals surface area contributed by atoms with Gasteiger partial charge >= 0.3 is 5.69 Å². The van der Waals surface area contributed by atoms with Crippen LogP contribution in [0.25, 0.3) is 0 Å². The molecule has 0 atom stereocenters. The average molecular weight is 433 g/mol. The SMILES string of the molecule is COc1cc(C(=O)NNC(=O)c2ccc3c(c2)OCCO3)c([N+](=O)[O-])c(OC)c1OC. The van der Waals surface area contributed by atoms with Gasteiger partial charge in [0, 0.05) is 11.6 Å². The van der Waals surface area contributed by atoms with Crippen LogP contribution < -0.4 is 34.5 Å². The molecule has 3 rings (SSSR count). The summed E-state index contributed by atoms with van der Waals surface area (Å²) < 4.78 is 26.1. The Labute approximate surface area is 176 Å². The maximum atomic E-state index is 12.6. The third kappa shape index (κ3) is 4.22. The number of carbonyl (C=O) groups excluding carboxylic acids is 2. The van der Waals surface area contributed by atoms with E-state index in [1.54, 1.807) is 6.07 Å². The van der Waals surface area contributed by atoms with Crippen molar-refractivity contribution in [1.82, 2.24) is 10.9 Å². The molecule has 31 heavy (non-hydrogen) atoms. The Balaban J connectivity index is 1.84. The van der Waals surface area contributed by atoms with Gasteiger partial charge in [0.2, 0.25) is 11.5 Å². The largest absolute Gasteiger partial charge is 0.493 e. The molecule has 12 heteroatoms. The van der Waals surface area contributed by atoms with Crippen LogP contribution in [0.2, 0.25) is 0 Å². The fraction of sp³-hybridized carbons (Fsp3) is 0.263. The standard InChI is InChI=1S/C19H19N3O9/c1-27-14-9-11(15(22(25)26)17(29-3)16(14)28-2)19(24)21-20-18(23)10-4-5-12-13(8-10)31-7-6-30-12/h4-5,8-9H,6-7H2,1-3H3,(H,20,23)(H,21,24). The molecule has 0 aliphatic carbocycles. The summed E-state index contributed by atoms with van der Waals surface area (Å²) in [5.41, 5.74) is 3.49. The summed E-state index contributed by atoms with van der Waals surface area (Å²) in [5, 5.41) is 11.6. The first kappa shape index (κ1) is 21.5. The van der Waals surface area contributed by atoms with E-state index in [0.29, 0.717) is 24.7 Å². The zero-order chi connectivity index (χ0) is 22.5. The third-order valence-electron chi connectivity index (χ3n) is 4.32. The number of hydrogen-bond donors (Lipinski definition) is 2. The second kappa shape index (κ2) is 9.07. The van der Waals surface area contributed by atoms with Gasteiger partial charge in [-0.15, -0.1) is 0 Å². The third-order valence-corrected chi connectivity index (χ3v) is 4.32. The number of methoxy groups -OCH3 is 3. The molecule has 0 spiro atoms. The molecule has 0 saturated heterocycles. The zero-order valence-electron chi connectivity index (χ0n) is 16.8. The molecule has 2 amide bonds. The lowest BCUT2D eigenvalue weighted by molar-refractivity contribution is -0.386. The Morgan fingerprint density at radius 3 is 2.19 bits per heavy atom. The molecule has 0 saturated carbocycles. The van der Waals surface area contributed by atoms with Crippen LogP contribution in [-0.4, -0.2) is 51.3 Å². The highest BCUT2D eigenvalue weighted by Crippen LogP contribution is 2.46. The van der Waals surface area contributed by atoms with E-state index in [1.807, 2.05) is 0 Å². The molecule has 2 aromatic carbocycles. The molecule has 0 unspecified atom stereocenters. The monoisotopic (exact) mass is 433 g/mol. The van der Waals surface area contributed by atoms with Crippen molar-refractivity contribution in [3.63, 3.8) is 0 Å². The Morgan fingerprint density at radius 2 is 1.58 bits per heavy atom. The molecule has 2 N–H and O–H groups in total. The van der Waals surface area contributed by atoms with Gasteiger partial charge in [-0.1, -0.05) is 0 Å². The summed E-state index contributed by atoms with van der Waals surface area (Å²) in [6.45, 7) is 0.752. The summed E-state index contributed by atoms with van der Waals surface area (Å²) >= 11 is 0. The molecule has 1 aliphatic rings. The summed E-state index contributed by atoms with van der Waals surface area (Å²) in [5.74, 6) is -1.04. The molecular weight excluding hydrogens is 414 g/mol. The number of ether oxygens (including phenoxy) is 5. The highest BCUT2D eigenvalue weighted by Gasteiger charge is 2.32. The van der Waals surface area contributed by atoms with E-state index in [1.165, 1.54) is 33.5 Å². The number of hydrazine groups is 1. The van der Waals surface area contributed by atoms with Crippen LogP contribution in [0, 0.1) is 10.1 Å². The van der Waals surface area contributed by atoms with Crippen LogP contribution in [0.3, 0.4) is 0 Å². The summed E-state index contributed by atoms with van der Waals surface area (Å²) in [6, 6.07) is 5.62. The molecule has 1 aliphatic heterocycles. The topological polar surface area (TPSA) is 147 Å². The molecule has 164 valence electrons. The maximum absolute atomic E-state index is 12.6. The minimum Gasteiger partial charge on any atom is -0.493 e. The van der Waals surface area contributed by atoms with Crippen molar-refractivity contribution in [2.45, 2.75) is 0 Å². The molecule has 0 aromatic heterocycles.